The van der Waals surface area contributed by atoms with E-state index in [1.54, 1.807) is 28.4 Å². The van der Waals surface area contributed by atoms with E-state index in [-0.39, 0.29) is 42.0 Å². The first-order valence-corrected chi connectivity index (χ1v) is 12.0. The van der Waals surface area contributed by atoms with E-state index in [9.17, 15) is 4.79 Å². The lowest BCUT2D eigenvalue weighted by Crippen LogP contribution is -3.00. The van der Waals surface area contributed by atoms with Crippen molar-refractivity contribution in [1.29, 1.82) is 0 Å². The van der Waals surface area contributed by atoms with Gasteiger partial charge in [-0.25, -0.2) is 4.79 Å². The van der Waals surface area contributed by atoms with Crippen LogP contribution in [-0.2, 0) is 22.4 Å². The third kappa shape index (κ3) is 6.19. The first-order valence-electron chi connectivity index (χ1n) is 12.0. The molecule has 0 bridgehead atoms. The number of ether oxygens (including phenoxy) is 5. The fraction of sp³-hybridized carbons (Fsp3) is 0.536. The van der Waals surface area contributed by atoms with Gasteiger partial charge >= 0.3 is 5.97 Å². The van der Waals surface area contributed by atoms with Gasteiger partial charge in [0.25, 0.3) is 0 Å². The summed E-state index contributed by atoms with van der Waals surface area (Å²) in [4.78, 5) is 13.3. The summed E-state index contributed by atoms with van der Waals surface area (Å²) >= 11 is 0. The van der Waals surface area contributed by atoms with Crippen molar-refractivity contribution in [3.63, 3.8) is 0 Å². The topological polar surface area (TPSA) is 63.2 Å². The molecule has 0 N–H and O–H groups in total. The number of methoxy groups -OCH3 is 4. The quantitative estimate of drug-likeness (QED) is 0.257. The normalized spacial score (nSPS) is 19.9. The fourth-order valence-corrected chi connectivity index (χ4v) is 4.94. The third-order valence-electron chi connectivity index (χ3n) is 7.09. The molecule has 2 aromatic carbocycles. The highest BCUT2D eigenvalue weighted by Gasteiger charge is 2.47. The van der Waals surface area contributed by atoms with Crippen LogP contribution in [0.2, 0.25) is 0 Å². The predicted molar refractivity (Wildman–Crippen MR) is 136 cm³/mol. The minimum Gasteiger partial charge on any atom is -1.00 e. The van der Waals surface area contributed by atoms with Gasteiger partial charge in [-0.2, -0.15) is 0 Å². The number of halogens is 1. The summed E-state index contributed by atoms with van der Waals surface area (Å²) < 4.78 is 28.5. The largest absolute Gasteiger partial charge is 1.00 e. The lowest BCUT2D eigenvalue weighted by molar-refractivity contribution is -0.954. The second-order valence-electron chi connectivity index (χ2n) is 10.3. The third-order valence-corrected chi connectivity index (χ3v) is 7.09. The maximum atomic E-state index is 13.3. The Kier molecular flexibility index (Phi) is 9.92. The zero-order valence-electron chi connectivity index (χ0n) is 22.9. The first-order chi connectivity index (χ1) is 16.5. The molecule has 0 saturated carbocycles. The molecule has 0 aromatic heterocycles. The Balaban J connectivity index is 0.00000456. The molecule has 200 valence electrons. The molecule has 1 aliphatic heterocycles. The molecule has 8 heteroatoms. The van der Waals surface area contributed by atoms with Gasteiger partial charge in [0.05, 0.1) is 42.0 Å². The maximum Gasteiger partial charge on any atom is 0.365 e. The predicted octanol–water partition coefficient (Wildman–Crippen LogP) is 1.74. The lowest BCUT2D eigenvalue weighted by Gasteiger charge is -2.49. The van der Waals surface area contributed by atoms with Gasteiger partial charge in [-0.15, -0.1) is 0 Å². The van der Waals surface area contributed by atoms with E-state index in [0.29, 0.717) is 33.9 Å². The van der Waals surface area contributed by atoms with Gasteiger partial charge < -0.3 is 52.1 Å². The fourth-order valence-electron chi connectivity index (χ4n) is 4.94. The number of carbonyl (C=O) groups is 1. The number of hydrogen-bond donors (Lipinski definition) is 0. The number of nitrogens with zero attached hydrogens (tertiary/aromatic N) is 1. The summed E-state index contributed by atoms with van der Waals surface area (Å²) in [5, 5.41) is 0. The van der Waals surface area contributed by atoms with Crippen LogP contribution in [0.5, 0.6) is 23.0 Å². The van der Waals surface area contributed by atoms with Crippen LogP contribution < -0.4 is 42.9 Å². The average Bonchev–Trinajstić information content (AvgIpc) is 2.83. The van der Waals surface area contributed by atoms with Crippen molar-refractivity contribution in [3.05, 3.63) is 47.0 Å². The van der Waals surface area contributed by atoms with Crippen molar-refractivity contribution in [1.82, 2.24) is 0 Å². The molecule has 0 radical (unpaired) electrons. The number of rotatable bonds is 8. The first kappa shape index (κ1) is 30.0. The Morgan fingerprint density at radius 1 is 0.944 bits per heavy atom. The molecular weight excluding hydrogens is 573 g/mol. The van der Waals surface area contributed by atoms with E-state index in [0.717, 1.165) is 24.1 Å². The standard InChI is InChI=1S/C28H40NO6.HI/c1-18(27(30)35-28(2,3)4)29(5)13-12-20-16-25(33-8)26(34-9)17-21(20)22(29)14-19-10-11-23(31-6)24(15-19)32-7;/h10-11,15-18,22H,12-14H2,1-9H3;1H/q+1;/p-1/t18?,22-,29?;/m1./s1. The van der Waals surface area contributed by atoms with Gasteiger partial charge in [-0.05, 0) is 63.1 Å². The van der Waals surface area contributed by atoms with Gasteiger partial charge in [0.15, 0.2) is 29.0 Å². The van der Waals surface area contributed by atoms with Crippen LogP contribution in [0.1, 0.15) is 50.4 Å². The van der Waals surface area contributed by atoms with Crippen LogP contribution in [0.25, 0.3) is 0 Å². The van der Waals surface area contributed by atoms with Crippen LogP contribution in [0.4, 0.5) is 0 Å². The Morgan fingerprint density at radius 2 is 1.50 bits per heavy atom. The van der Waals surface area contributed by atoms with Crippen molar-refractivity contribution in [2.45, 2.75) is 58.2 Å². The van der Waals surface area contributed by atoms with Crippen LogP contribution in [0.3, 0.4) is 0 Å². The summed E-state index contributed by atoms with van der Waals surface area (Å²) in [6.45, 7) is 8.48. The summed E-state index contributed by atoms with van der Waals surface area (Å²) in [5.41, 5.74) is 2.91. The summed E-state index contributed by atoms with van der Waals surface area (Å²) in [5.74, 6) is 2.57. The highest BCUT2D eigenvalue weighted by Crippen LogP contribution is 2.44. The Morgan fingerprint density at radius 3 is 2.06 bits per heavy atom. The number of quaternary nitrogens is 1. The average molecular weight is 614 g/mol. The van der Waals surface area contributed by atoms with Crippen molar-refractivity contribution < 1.29 is 56.9 Å². The maximum absolute atomic E-state index is 13.3. The smallest absolute Gasteiger partial charge is 0.365 e. The molecule has 2 unspecified atom stereocenters. The van der Waals surface area contributed by atoms with Crippen molar-refractivity contribution in [2.75, 3.05) is 42.0 Å². The molecule has 0 aliphatic carbocycles. The monoisotopic (exact) mass is 613 g/mol. The van der Waals surface area contributed by atoms with Crippen LogP contribution >= 0.6 is 0 Å². The van der Waals surface area contributed by atoms with Crippen molar-refractivity contribution >= 4 is 5.97 Å². The van der Waals surface area contributed by atoms with Crippen molar-refractivity contribution in [2.24, 2.45) is 0 Å². The highest BCUT2D eigenvalue weighted by atomic mass is 127. The molecule has 3 atom stereocenters. The summed E-state index contributed by atoms with van der Waals surface area (Å²) in [6, 6.07) is 9.75. The second kappa shape index (κ2) is 11.9. The number of benzene rings is 2. The number of carbonyl (C=O) groups excluding carboxylic acids is 1. The molecule has 3 rings (SSSR count). The number of likely N-dealkylation sites (N-methyl/N-ethyl adjacent to an activating group) is 1. The summed E-state index contributed by atoms with van der Waals surface area (Å²) in [7, 11) is 8.72. The van der Waals surface area contributed by atoms with E-state index >= 15 is 0 Å². The van der Waals surface area contributed by atoms with Gasteiger partial charge in [-0.3, -0.25) is 0 Å². The summed E-state index contributed by atoms with van der Waals surface area (Å²) in [6.07, 6.45) is 1.52. The van der Waals surface area contributed by atoms with Gasteiger partial charge in [0.2, 0.25) is 0 Å². The Bertz CT molecular complexity index is 1070. The molecule has 0 spiro atoms. The minimum atomic E-state index is -0.548. The van der Waals surface area contributed by atoms with Gasteiger partial charge in [-0.1, -0.05) is 6.07 Å². The van der Waals surface area contributed by atoms with E-state index in [2.05, 4.69) is 25.2 Å². The van der Waals surface area contributed by atoms with Gasteiger partial charge in [0, 0.05) is 18.4 Å². The van der Waals surface area contributed by atoms with Crippen LogP contribution in [-0.4, -0.2) is 64.1 Å². The number of esters is 1. The number of hydrogen-bond acceptors (Lipinski definition) is 6. The molecule has 0 fully saturated rings. The van der Waals surface area contributed by atoms with Crippen LogP contribution in [0, 0.1) is 0 Å². The van der Waals surface area contributed by atoms with E-state index in [1.807, 2.05) is 39.8 Å². The van der Waals surface area contributed by atoms with E-state index < -0.39 is 5.60 Å². The van der Waals surface area contributed by atoms with E-state index in [4.69, 9.17) is 23.7 Å². The zero-order chi connectivity index (χ0) is 26.0. The second-order valence-corrected chi connectivity index (χ2v) is 10.3. The SMILES string of the molecule is COc1ccc(C[C@@H]2c3cc(OC)c(OC)cc3CC[N+]2(C)C(C)C(=O)OC(C)(C)C)cc1OC.[I-]. The lowest BCUT2D eigenvalue weighted by atomic mass is 9.85. The zero-order valence-corrected chi connectivity index (χ0v) is 25.1. The Labute approximate surface area is 232 Å². The van der Waals surface area contributed by atoms with Gasteiger partial charge in [0.1, 0.15) is 11.6 Å². The van der Waals surface area contributed by atoms with Crippen molar-refractivity contribution in [3.8, 4) is 23.0 Å². The van der Waals surface area contributed by atoms with Crippen LogP contribution in [0.15, 0.2) is 30.3 Å². The molecule has 2 aromatic rings. The molecular formula is C28H40INO6. The molecule has 0 amide bonds. The molecule has 1 heterocycles. The van der Waals surface area contributed by atoms with E-state index in [1.165, 1.54) is 5.56 Å². The number of fused-ring (bicyclic) bond motifs is 1. The highest BCUT2D eigenvalue weighted by molar-refractivity contribution is 5.74. The molecule has 1 aliphatic rings. The Hall–Kier alpha value is -2.20. The minimum absolute atomic E-state index is 0. The molecule has 36 heavy (non-hydrogen) atoms. The molecule has 0 saturated heterocycles. The molecule has 7 nitrogen and oxygen atoms in total.